The molecule has 32 heavy (non-hydrogen) atoms. The highest BCUT2D eigenvalue weighted by atomic mass is 32.2. The van der Waals surface area contributed by atoms with E-state index in [0.717, 1.165) is 22.2 Å². The molecule has 5 nitrogen and oxygen atoms in total. The van der Waals surface area contributed by atoms with Gasteiger partial charge in [0.1, 0.15) is 11.6 Å². The molecule has 0 aromatic heterocycles. The van der Waals surface area contributed by atoms with Gasteiger partial charge in [0.05, 0.1) is 17.0 Å². The average Bonchev–Trinajstić information content (AvgIpc) is 3.04. The van der Waals surface area contributed by atoms with Gasteiger partial charge in [-0.25, -0.2) is 9.18 Å². The summed E-state index contributed by atoms with van der Waals surface area (Å²) in [6.45, 7) is 1.97. The Labute approximate surface area is 188 Å². The highest BCUT2D eigenvalue weighted by Gasteiger charge is 2.35. The molecule has 1 aliphatic heterocycles. The Kier molecular flexibility index (Phi) is 6.18. The van der Waals surface area contributed by atoms with E-state index in [0.29, 0.717) is 16.7 Å². The fourth-order valence-corrected chi connectivity index (χ4v) is 3.92. The zero-order chi connectivity index (χ0) is 22.7. The maximum atomic E-state index is 13.1. The van der Waals surface area contributed by atoms with Crippen molar-refractivity contribution >= 4 is 35.0 Å². The molecule has 1 aliphatic rings. The number of thioether (sulfide) groups is 1. The van der Waals surface area contributed by atoms with Crippen molar-refractivity contribution in [2.45, 2.75) is 13.5 Å². The summed E-state index contributed by atoms with van der Waals surface area (Å²) in [4.78, 5) is 39.0. The van der Waals surface area contributed by atoms with E-state index in [-0.39, 0.29) is 23.0 Å². The van der Waals surface area contributed by atoms with Crippen LogP contribution in [-0.2, 0) is 11.3 Å². The molecule has 0 radical (unpaired) electrons. The van der Waals surface area contributed by atoms with Gasteiger partial charge >= 0.3 is 5.97 Å². The predicted octanol–water partition coefficient (Wildman–Crippen LogP) is 5.59. The van der Waals surface area contributed by atoms with E-state index in [1.807, 2.05) is 19.1 Å². The van der Waals surface area contributed by atoms with E-state index in [4.69, 9.17) is 4.74 Å². The molecule has 1 saturated heterocycles. The van der Waals surface area contributed by atoms with Gasteiger partial charge in [-0.2, -0.15) is 0 Å². The van der Waals surface area contributed by atoms with Gasteiger partial charge in [0.25, 0.3) is 11.1 Å². The standard InChI is InChI=1S/C25H18FNO4S/c1-16-6-10-18(11-7-16)24(29)31-21-5-3-2-4-19(21)14-22-23(28)27(25(30)32-22)15-17-8-12-20(26)13-9-17/h2-14H,15H2,1H3/b22-14-. The molecular weight excluding hydrogens is 429 g/mol. The summed E-state index contributed by atoms with van der Waals surface area (Å²) < 4.78 is 18.7. The first kappa shape index (κ1) is 21.5. The molecule has 3 aromatic carbocycles. The van der Waals surface area contributed by atoms with E-state index in [9.17, 15) is 18.8 Å². The first-order valence-electron chi connectivity index (χ1n) is 9.78. The number of hydrogen-bond acceptors (Lipinski definition) is 5. The molecule has 1 heterocycles. The zero-order valence-electron chi connectivity index (χ0n) is 17.1. The molecule has 0 atom stereocenters. The van der Waals surface area contributed by atoms with Gasteiger partial charge in [-0.1, -0.05) is 48.0 Å². The Balaban J connectivity index is 1.54. The summed E-state index contributed by atoms with van der Waals surface area (Å²) in [6.07, 6.45) is 1.54. The number of rotatable bonds is 5. The largest absolute Gasteiger partial charge is 0.422 e. The summed E-state index contributed by atoms with van der Waals surface area (Å²) in [6, 6.07) is 19.4. The minimum atomic E-state index is -0.518. The number of carbonyl (C=O) groups excluding carboxylic acids is 3. The van der Waals surface area contributed by atoms with Gasteiger partial charge in [-0.15, -0.1) is 0 Å². The van der Waals surface area contributed by atoms with Crippen molar-refractivity contribution in [2.75, 3.05) is 0 Å². The van der Waals surface area contributed by atoms with Crippen molar-refractivity contribution in [1.82, 2.24) is 4.90 Å². The highest BCUT2D eigenvalue weighted by Crippen LogP contribution is 2.35. The number of hydrogen-bond donors (Lipinski definition) is 0. The lowest BCUT2D eigenvalue weighted by Gasteiger charge is -2.12. The first-order valence-corrected chi connectivity index (χ1v) is 10.6. The summed E-state index contributed by atoms with van der Waals surface area (Å²) in [5.41, 5.74) is 2.57. The van der Waals surface area contributed by atoms with Crippen LogP contribution in [0.25, 0.3) is 6.08 Å². The molecule has 7 heteroatoms. The molecule has 0 bridgehead atoms. The number of aryl methyl sites for hydroxylation is 1. The quantitative estimate of drug-likeness (QED) is 0.290. The van der Waals surface area contributed by atoms with E-state index < -0.39 is 17.1 Å². The second-order valence-electron chi connectivity index (χ2n) is 7.19. The highest BCUT2D eigenvalue weighted by molar-refractivity contribution is 8.18. The normalized spacial score (nSPS) is 14.8. The monoisotopic (exact) mass is 447 g/mol. The second kappa shape index (κ2) is 9.20. The third kappa shape index (κ3) is 4.78. The molecule has 4 rings (SSSR count). The van der Waals surface area contributed by atoms with Gasteiger partial charge in [0.2, 0.25) is 0 Å². The summed E-state index contributed by atoms with van der Waals surface area (Å²) in [5.74, 6) is -1.08. The third-order valence-corrected chi connectivity index (χ3v) is 5.73. The maximum absolute atomic E-state index is 13.1. The molecular formula is C25H18FNO4S. The van der Waals surface area contributed by atoms with Crippen molar-refractivity contribution in [2.24, 2.45) is 0 Å². The van der Waals surface area contributed by atoms with Gasteiger partial charge < -0.3 is 4.74 Å². The molecule has 1 fully saturated rings. The number of ether oxygens (including phenoxy) is 1. The van der Waals surface area contributed by atoms with Crippen LogP contribution in [0.1, 0.15) is 27.0 Å². The van der Waals surface area contributed by atoms with Crippen molar-refractivity contribution in [3.63, 3.8) is 0 Å². The van der Waals surface area contributed by atoms with Crippen LogP contribution in [0.15, 0.2) is 77.7 Å². The SMILES string of the molecule is Cc1ccc(C(=O)Oc2ccccc2/C=C2\SC(=O)N(Cc3ccc(F)cc3)C2=O)cc1. The van der Waals surface area contributed by atoms with E-state index in [1.54, 1.807) is 36.4 Å². The number of nitrogens with zero attached hydrogens (tertiary/aromatic N) is 1. The molecule has 0 aliphatic carbocycles. The second-order valence-corrected chi connectivity index (χ2v) is 8.18. The number of imide groups is 1. The van der Waals surface area contributed by atoms with Crippen molar-refractivity contribution in [3.8, 4) is 5.75 Å². The Morgan fingerprint density at radius 2 is 1.69 bits per heavy atom. The number of benzene rings is 3. The zero-order valence-corrected chi connectivity index (χ0v) is 17.9. The fourth-order valence-electron chi connectivity index (χ4n) is 3.09. The average molecular weight is 447 g/mol. The predicted molar refractivity (Wildman–Crippen MR) is 120 cm³/mol. The lowest BCUT2D eigenvalue weighted by molar-refractivity contribution is -0.123. The summed E-state index contributed by atoms with van der Waals surface area (Å²) >= 11 is 0.809. The van der Waals surface area contributed by atoms with Crippen LogP contribution >= 0.6 is 11.8 Å². The number of halogens is 1. The van der Waals surface area contributed by atoms with Crippen LogP contribution in [0.2, 0.25) is 0 Å². The van der Waals surface area contributed by atoms with Crippen molar-refractivity contribution in [3.05, 3.63) is 106 Å². The first-order chi connectivity index (χ1) is 15.4. The summed E-state index contributed by atoms with van der Waals surface area (Å²) in [7, 11) is 0. The number of esters is 1. The molecule has 0 spiro atoms. The molecule has 0 unspecified atom stereocenters. The van der Waals surface area contributed by atoms with Gasteiger partial charge in [-0.3, -0.25) is 14.5 Å². The van der Waals surface area contributed by atoms with Gasteiger partial charge in [0, 0.05) is 5.56 Å². The Morgan fingerprint density at radius 1 is 1.00 bits per heavy atom. The number of para-hydroxylation sites is 1. The smallest absolute Gasteiger partial charge is 0.343 e. The fraction of sp³-hybridized carbons (Fsp3) is 0.0800. The van der Waals surface area contributed by atoms with E-state index in [2.05, 4.69) is 0 Å². The topological polar surface area (TPSA) is 63.7 Å². The Morgan fingerprint density at radius 3 is 2.41 bits per heavy atom. The van der Waals surface area contributed by atoms with Gasteiger partial charge in [-0.05, 0) is 60.7 Å². The van der Waals surface area contributed by atoms with Crippen LogP contribution in [0.3, 0.4) is 0 Å². The van der Waals surface area contributed by atoms with Crippen LogP contribution < -0.4 is 4.74 Å². The number of amides is 2. The Hall–Kier alpha value is -3.71. The summed E-state index contributed by atoms with van der Waals surface area (Å²) in [5, 5.41) is -0.417. The molecule has 0 N–H and O–H groups in total. The number of carbonyl (C=O) groups is 3. The van der Waals surface area contributed by atoms with Crippen LogP contribution in [-0.4, -0.2) is 22.0 Å². The minimum absolute atomic E-state index is 0.0480. The van der Waals surface area contributed by atoms with E-state index >= 15 is 0 Å². The van der Waals surface area contributed by atoms with Crippen LogP contribution in [0, 0.1) is 12.7 Å². The maximum Gasteiger partial charge on any atom is 0.343 e. The molecule has 3 aromatic rings. The minimum Gasteiger partial charge on any atom is -0.422 e. The molecule has 2 amide bonds. The molecule has 160 valence electrons. The van der Waals surface area contributed by atoms with Gasteiger partial charge in [0.15, 0.2) is 0 Å². The van der Waals surface area contributed by atoms with Crippen LogP contribution in [0.5, 0.6) is 5.75 Å². The molecule has 0 saturated carbocycles. The van der Waals surface area contributed by atoms with Crippen molar-refractivity contribution < 1.29 is 23.5 Å². The lowest BCUT2D eigenvalue weighted by atomic mass is 10.1. The third-order valence-electron chi connectivity index (χ3n) is 4.82. The van der Waals surface area contributed by atoms with Crippen molar-refractivity contribution in [1.29, 1.82) is 0 Å². The van der Waals surface area contributed by atoms with Crippen LogP contribution in [0.4, 0.5) is 9.18 Å². The Bertz CT molecular complexity index is 1220. The van der Waals surface area contributed by atoms with E-state index in [1.165, 1.54) is 30.3 Å². The lowest BCUT2D eigenvalue weighted by Crippen LogP contribution is -2.27.